The number of nitrogens with one attached hydrogen (secondary N) is 2. The molecule has 0 amide bonds. The van der Waals surface area contributed by atoms with Gasteiger partial charge in [0.2, 0.25) is 10.0 Å². The standard InChI is InChI=1S/C16H17N3O2S/c1-12-18-15-8-7-14(9-16(15)19-12)10-17-22(20,21)11-13-5-3-2-4-6-13/h2-9,17H,10-11H2,1H3,(H,18,19). The molecule has 0 aliphatic heterocycles. The van der Waals surface area contributed by atoms with Crippen LogP contribution in [0, 0.1) is 6.92 Å². The van der Waals surface area contributed by atoms with E-state index in [2.05, 4.69) is 14.7 Å². The van der Waals surface area contributed by atoms with Crippen LogP contribution >= 0.6 is 0 Å². The van der Waals surface area contributed by atoms with Gasteiger partial charge in [-0.1, -0.05) is 36.4 Å². The van der Waals surface area contributed by atoms with Gasteiger partial charge in [-0.25, -0.2) is 18.1 Å². The van der Waals surface area contributed by atoms with Crippen molar-refractivity contribution in [2.75, 3.05) is 0 Å². The lowest BCUT2D eigenvalue weighted by Gasteiger charge is -2.07. The molecule has 0 unspecified atom stereocenters. The third-order valence-electron chi connectivity index (χ3n) is 3.36. The van der Waals surface area contributed by atoms with Crippen LogP contribution in [0.1, 0.15) is 17.0 Å². The number of fused-ring (bicyclic) bond motifs is 1. The fourth-order valence-electron chi connectivity index (χ4n) is 2.33. The minimum absolute atomic E-state index is 0.0146. The topological polar surface area (TPSA) is 74.8 Å². The molecule has 0 saturated heterocycles. The molecule has 0 saturated carbocycles. The molecule has 0 radical (unpaired) electrons. The van der Waals surface area contributed by atoms with Crippen LogP contribution in [0.25, 0.3) is 11.0 Å². The zero-order valence-electron chi connectivity index (χ0n) is 12.2. The molecule has 5 nitrogen and oxygen atoms in total. The first-order valence-corrected chi connectivity index (χ1v) is 8.63. The number of hydrogen-bond donors (Lipinski definition) is 2. The first kappa shape index (κ1) is 14.7. The Morgan fingerprint density at radius 2 is 1.86 bits per heavy atom. The number of imidazole rings is 1. The number of hydrogen-bond acceptors (Lipinski definition) is 3. The second kappa shape index (κ2) is 5.90. The van der Waals surface area contributed by atoms with E-state index in [0.29, 0.717) is 0 Å². The molecule has 0 fully saturated rings. The van der Waals surface area contributed by atoms with Gasteiger partial charge in [0.25, 0.3) is 0 Å². The lowest BCUT2D eigenvalue weighted by Crippen LogP contribution is -2.24. The summed E-state index contributed by atoms with van der Waals surface area (Å²) in [6, 6.07) is 14.8. The Morgan fingerprint density at radius 1 is 1.09 bits per heavy atom. The van der Waals surface area contributed by atoms with Crippen molar-refractivity contribution in [1.29, 1.82) is 0 Å². The summed E-state index contributed by atoms with van der Waals surface area (Å²) in [6.45, 7) is 2.16. The molecule has 0 atom stereocenters. The summed E-state index contributed by atoms with van der Waals surface area (Å²) in [5, 5.41) is 0. The van der Waals surface area contributed by atoms with Crippen LogP contribution in [0.15, 0.2) is 48.5 Å². The highest BCUT2D eigenvalue weighted by Crippen LogP contribution is 2.14. The van der Waals surface area contributed by atoms with Crippen molar-refractivity contribution in [1.82, 2.24) is 14.7 Å². The fraction of sp³-hybridized carbons (Fsp3) is 0.188. The van der Waals surface area contributed by atoms with Crippen LogP contribution in [-0.2, 0) is 22.3 Å². The third-order valence-corrected chi connectivity index (χ3v) is 4.66. The first-order chi connectivity index (χ1) is 10.5. The first-order valence-electron chi connectivity index (χ1n) is 6.98. The third kappa shape index (κ3) is 3.52. The summed E-state index contributed by atoms with van der Waals surface area (Å²) in [4.78, 5) is 7.47. The summed E-state index contributed by atoms with van der Waals surface area (Å²) >= 11 is 0. The molecule has 22 heavy (non-hydrogen) atoms. The van der Waals surface area contributed by atoms with Crippen molar-refractivity contribution in [3.8, 4) is 0 Å². The largest absolute Gasteiger partial charge is 0.342 e. The normalized spacial score (nSPS) is 11.9. The van der Waals surface area contributed by atoms with E-state index in [9.17, 15) is 8.42 Å². The van der Waals surface area contributed by atoms with Crippen molar-refractivity contribution in [2.24, 2.45) is 0 Å². The van der Waals surface area contributed by atoms with Crippen molar-refractivity contribution < 1.29 is 8.42 Å². The quantitative estimate of drug-likeness (QED) is 0.759. The molecule has 2 N–H and O–H groups in total. The van der Waals surface area contributed by atoms with Gasteiger partial charge in [0, 0.05) is 6.54 Å². The average molecular weight is 315 g/mol. The molecule has 1 heterocycles. The molecule has 2 aromatic carbocycles. The van der Waals surface area contributed by atoms with Gasteiger partial charge >= 0.3 is 0 Å². The molecule has 1 aromatic heterocycles. The summed E-state index contributed by atoms with van der Waals surface area (Å²) in [7, 11) is -3.36. The van der Waals surface area contributed by atoms with Gasteiger partial charge in [-0.3, -0.25) is 0 Å². The summed E-state index contributed by atoms with van der Waals surface area (Å²) in [5.74, 6) is 0.830. The molecule has 3 rings (SSSR count). The van der Waals surface area contributed by atoms with Gasteiger partial charge in [-0.05, 0) is 30.2 Å². The van der Waals surface area contributed by atoms with Gasteiger partial charge in [0.15, 0.2) is 0 Å². The van der Waals surface area contributed by atoms with Crippen molar-refractivity contribution in [3.05, 3.63) is 65.5 Å². The van der Waals surface area contributed by atoms with Crippen molar-refractivity contribution in [3.63, 3.8) is 0 Å². The van der Waals surface area contributed by atoms with Crippen LogP contribution in [0.5, 0.6) is 0 Å². The van der Waals surface area contributed by atoms with Crippen LogP contribution in [0.3, 0.4) is 0 Å². The second-order valence-electron chi connectivity index (χ2n) is 5.24. The number of H-pyrrole nitrogens is 1. The highest BCUT2D eigenvalue weighted by Gasteiger charge is 2.11. The minimum atomic E-state index is -3.36. The maximum Gasteiger partial charge on any atom is 0.216 e. The maximum absolute atomic E-state index is 12.1. The maximum atomic E-state index is 12.1. The number of benzene rings is 2. The molecule has 114 valence electrons. The van der Waals surface area contributed by atoms with E-state index in [0.717, 1.165) is 28.0 Å². The summed E-state index contributed by atoms with van der Waals surface area (Å²) < 4.78 is 26.9. The Hall–Kier alpha value is -2.18. The number of sulfonamides is 1. The van der Waals surface area contributed by atoms with E-state index >= 15 is 0 Å². The Bertz CT molecular complexity index is 886. The van der Waals surface area contributed by atoms with Gasteiger partial charge in [0.1, 0.15) is 5.82 Å². The molecular weight excluding hydrogens is 298 g/mol. The van der Waals surface area contributed by atoms with Gasteiger partial charge in [-0.15, -0.1) is 0 Å². The van der Waals surface area contributed by atoms with E-state index in [1.807, 2.05) is 43.3 Å². The Morgan fingerprint density at radius 3 is 2.64 bits per heavy atom. The van der Waals surface area contributed by atoms with Crippen LogP contribution in [0.4, 0.5) is 0 Å². The number of aromatic nitrogens is 2. The number of nitrogens with zero attached hydrogens (tertiary/aromatic N) is 1. The van der Waals surface area contributed by atoms with E-state index in [-0.39, 0.29) is 12.3 Å². The van der Waals surface area contributed by atoms with Crippen LogP contribution < -0.4 is 4.72 Å². The number of aromatic amines is 1. The van der Waals surface area contributed by atoms with Crippen LogP contribution in [0.2, 0.25) is 0 Å². The monoisotopic (exact) mass is 315 g/mol. The predicted molar refractivity (Wildman–Crippen MR) is 86.7 cm³/mol. The molecule has 6 heteroatoms. The van der Waals surface area contributed by atoms with Crippen molar-refractivity contribution >= 4 is 21.1 Å². The number of rotatable bonds is 5. The van der Waals surface area contributed by atoms with E-state index in [1.54, 1.807) is 12.1 Å². The van der Waals surface area contributed by atoms with E-state index in [4.69, 9.17) is 0 Å². The van der Waals surface area contributed by atoms with Crippen LogP contribution in [-0.4, -0.2) is 18.4 Å². The summed E-state index contributed by atoms with van der Waals surface area (Å²) in [6.07, 6.45) is 0. The van der Waals surface area contributed by atoms with Gasteiger partial charge < -0.3 is 4.98 Å². The Labute approximate surface area is 129 Å². The van der Waals surface area contributed by atoms with E-state index < -0.39 is 10.0 Å². The molecule has 0 spiro atoms. The Balaban J connectivity index is 1.69. The minimum Gasteiger partial charge on any atom is -0.342 e. The fourth-order valence-corrected chi connectivity index (χ4v) is 3.45. The molecular formula is C16H17N3O2S. The molecule has 0 aliphatic carbocycles. The molecule has 0 bridgehead atoms. The lowest BCUT2D eigenvalue weighted by atomic mass is 10.2. The smallest absolute Gasteiger partial charge is 0.216 e. The second-order valence-corrected chi connectivity index (χ2v) is 7.05. The lowest BCUT2D eigenvalue weighted by molar-refractivity contribution is 0.580. The highest BCUT2D eigenvalue weighted by molar-refractivity contribution is 7.88. The zero-order chi connectivity index (χ0) is 15.6. The van der Waals surface area contributed by atoms with E-state index in [1.165, 1.54) is 0 Å². The zero-order valence-corrected chi connectivity index (χ0v) is 13.0. The van der Waals surface area contributed by atoms with Crippen molar-refractivity contribution in [2.45, 2.75) is 19.2 Å². The number of aryl methyl sites for hydroxylation is 1. The molecule has 0 aliphatic rings. The molecule has 3 aromatic rings. The van der Waals surface area contributed by atoms with Gasteiger partial charge in [-0.2, -0.15) is 0 Å². The van der Waals surface area contributed by atoms with Gasteiger partial charge in [0.05, 0.1) is 16.8 Å². The predicted octanol–water partition coefficient (Wildman–Crippen LogP) is 2.49. The average Bonchev–Trinajstić information content (AvgIpc) is 2.85. The summed E-state index contributed by atoms with van der Waals surface area (Å²) in [5.41, 5.74) is 3.47. The Kier molecular flexibility index (Phi) is 3.96. The SMILES string of the molecule is Cc1nc2ccc(CNS(=O)(=O)Cc3ccccc3)cc2[nH]1. The highest BCUT2D eigenvalue weighted by atomic mass is 32.2.